The van der Waals surface area contributed by atoms with Crippen LogP contribution >= 0.6 is 0 Å². The lowest BCUT2D eigenvalue weighted by atomic mass is 10.00. The number of aliphatic hydroxyl groups is 1. The summed E-state index contributed by atoms with van der Waals surface area (Å²) in [6.07, 6.45) is 2.93. The molecule has 1 aliphatic rings. The van der Waals surface area contributed by atoms with Gasteiger partial charge < -0.3 is 23.7 Å². The van der Waals surface area contributed by atoms with E-state index < -0.39 is 23.7 Å². The Hall–Kier alpha value is -3.01. The van der Waals surface area contributed by atoms with Gasteiger partial charge in [0.15, 0.2) is 0 Å². The van der Waals surface area contributed by atoms with Crippen molar-refractivity contribution in [2.75, 3.05) is 13.2 Å². The number of carbonyl (C=O) groups excluding carboxylic acids is 1. The first kappa shape index (κ1) is 28.0. The van der Waals surface area contributed by atoms with Crippen molar-refractivity contribution in [3.63, 3.8) is 0 Å². The van der Waals surface area contributed by atoms with Crippen molar-refractivity contribution in [1.82, 2.24) is 19.4 Å². The van der Waals surface area contributed by atoms with E-state index in [0.29, 0.717) is 18.0 Å². The highest BCUT2D eigenvalue weighted by atomic mass is 16.6. The van der Waals surface area contributed by atoms with Crippen molar-refractivity contribution < 1.29 is 19.4 Å². The molecule has 9 nitrogen and oxygen atoms in total. The highest BCUT2D eigenvalue weighted by Gasteiger charge is 2.28. The van der Waals surface area contributed by atoms with Gasteiger partial charge in [0.25, 0.3) is 5.56 Å². The van der Waals surface area contributed by atoms with E-state index >= 15 is 0 Å². The number of imidazole rings is 1. The molecule has 3 aromatic rings. The normalized spacial score (nSPS) is 16.5. The minimum atomic E-state index is -0.910. The molecule has 9 heteroatoms. The molecule has 1 aromatic carbocycles. The molecule has 0 amide bonds. The lowest BCUT2D eigenvalue weighted by molar-refractivity contribution is -0.160. The van der Waals surface area contributed by atoms with E-state index in [1.54, 1.807) is 39.3 Å². The maximum absolute atomic E-state index is 12.6. The minimum absolute atomic E-state index is 0.0214. The SMILES string of the molecule is Cc1cc(-c2nc3cc(CNC(C(=O)OC(C)(C)C)C(C)O)ccc3n2CC2CCOCC2)cn(C)c1=O. The number of carbonyl (C=O) groups is 1. The van der Waals surface area contributed by atoms with Crippen LogP contribution in [0, 0.1) is 12.8 Å². The molecule has 1 saturated heterocycles. The molecule has 0 radical (unpaired) electrons. The summed E-state index contributed by atoms with van der Waals surface area (Å²) >= 11 is 0. The molecular weight excluding hydrogens is 484 g/mol. The van der Waals surface area contributed by atoms with Crippen LogP contribution in [-0.2, 0) is 34.4 Å². The average Bonchev–Trinajstić information content (AvgIpc) is 3.19. The number of nitrogens with zero attached hydrogens (tertiary/aromatic N) is 3. The van der Waals surface area contributed by atoms with E-state index in [1.165, 1.54) is 0 Å². The number of ether oxygens (including phenoxy) is 2. The molecule has 206 valence electrons. The number of nitrogens with one attached hydrogen (secondary N) is 1. The summed E-state index contributed by atoms with van der Waals surface area (Å²) in [7, 11) is 1.76. The summed E-state index contributed by atoms with van der Waals surface area (Å²) in [5, 5.41) is 13.4. The zero-order valence-electron chi connectivity index (χ0n) is 23.3. The molecule has 2 aromatic heterocycles. The van der Waals surface area contributed by atoms with Crippen LogP contribution in [0.3, 0.4) is 0 Å². The lowest BCUT2D eigenvalue weighted by Crippen LogP contribution is -2.47. The van der Waals surface area contributed by atoms with Crippen molar-refractivity contribution in [3.05, 3.63) is 51.9 Å². The number of aryl methyl sites for hydroxylation is 2. The van der Waals surface area contributed by atoms with E-state index in [2.05, 4.69) is 16.0 Å². The Balaban J connectivity index is 1.66. The van der Waals surface area contributed by atoms with E-state index in [0.717, 1.165) is 60.6 Å². The van der Waals surface area contributed by atoms with Crippen LogP contribution < -0.4 is 10.9 Å². The number of hydrogen-bond acceptors (Lipinski definition) is 7. The molecule has 0 bridgehead atoms. The smallest absolute Gasteiger partial charge is 0.326 e. The molecule has 0 spiro atoms. The van der Waals surface area contributed by atoms with Gasteiger partial charge in [-0.1, -0.05) is 6.07 Å². The van der Waals surface area contributed by atoms with Gasteiger partial charge in [0.2, 0.25) is 0 Å². The summed E-state index contributed by atoms with van der Waals surface area (Å²) in [6, 6.07) is 7.14. The fourth-order valence-corrected chi connectivity index (χ4v) is 4.92. The van der Waals surface area contributed by atoms with Gasteiger partial charge in [0, 0.05) is 50.7 Å². The minimum Gasteiger partial charge on any atom is -0.459 e. The molecular formula is C29H40N4O5. The summed E-state index contributed by atoms with van der Waals surface area (Å²) in [4.78, 5) is 30.0. The Kier molecular flexibility index (Phi) is 8.40. The Morgan fingerprint density at radius 2 is 1.97 bits per heavy atom. The largest absolute Gasteiger partial charge is 0.459 e. The topological polar surface area (TPSA) is 108 Å². The predicted molar refractivity (Wildman–Crippen MR) is 147 cm³/mol. The third-order valence-corrected chi connectivity index (χ3v) is 6.88. The first-order chi connectivity index (χ1) is 17.9. The zero-order chi connectivity index (χ0) is 27.6. The fourth-order valence-electron chi connectivity index (χ4n) is 4.92. The van der Waals surface area contributed by atoms with Crippen LogP contribution in [0.5, 0.6) is 0 Å². The molecule has 2 N–H and O–H groups in total. The molecule has 0 saturated carbocycles. The summed E-state index contributed by atoms with van der Waals surface area (Å²) in [5.74, 6) is 0.822. The Morgan fingerprint density at radius 3 is 2.61 bits per heavy atom. The molecule has 2 unspecified atom stereocenters. The highest BCUT2D eigenvalue weighted by Crippen LogP contribution is 2.29. The van der Waals surface area contributed by atoms with Gasteiger partial charge in [0.1, 0.15) is 17.5 Å². The standard InChI is InChI=1S/C29H40N4O5/c1-18-13-22(17-32(6)27(18)35)26-31-23-14-21(15-30-25(19(2)34)28(36)38-29(3,4)5)7-8-24(23)33(26)16-20-9-11-37-12-10-20/h7-8,13-14,17,19-20,25,30,34H,9-12,15-16H2,1-6H3. The Labute approximate surface area is 223 Å². The predicted octanol–water partition coefficient (Wildman–Crippen LogP) is 3.32. The van der Waals surface area contributed by atoms with Crippen LogP contribution in [0.15, 0.2) is 35.3 Å². The Bertz CT molecular complexity index is 1320. The number of esters is 1. The number of aromatic nitrogens is 3. The third kappa shape index (κ3) is 6.51. The third-order valence-electron chi connectivity index (χ3n) is 6.88. The summed E-state index contributed by atoms with van der Waals surface area (Å²) < 4.78 is 14.9. The molecule has 4 rings (SSSR count). The van der Waals surface area contributed by atoms with Crippen molar-refractivity contribution in [1.29, 1.82) is 0 Å². The average molecular weight is 525 g/mol. The number of hydrogen-bond donors (Lipinski definition) is 2. The van der Waals surface area contributed by atoms with Gasteiger partial charge in [-0.25, -0.2) is 4.98 Å². The van der Waals surface area contributed by atoms with Gasteiger partial charge in [-0.3, -0.25) is 14.9 Å². The first-order valence-corrected chi connectivity index (χ1v) is 13.3. The Morgan fingerprint density at radius 1 is 1.26 bits per heavy atom. The second-order valence-electron chi connectivity index (χ2n) is 11.4. The second kappa shape index (κ2) is 11.4. The maximum atomic E-state index is 12.6. The van der Waals surface area contributed by atoms with Crippen LogP contribution in [0.4, 0.5) is 0 Å². The van der Waals surface area contributed by atoms with E-state index in [9.17, 15) is 14.7 Å². The van der Waals surface area contributed by atoms with E-state index in [4.69, 9.17) is 14.5 Å². The molecule has 38 heavy (non-hydrogen) atoms. The molecule has 1 aliphatic heterocycles. The van der Waals surface area contributed by atoms with Crippen LogP contribution in [0.25, 0.3) is 22.4 Å². The van der Waals surface area contributed by atoms with Crippen LogP contribution in [0.2, 0.25) is 0 Å². The monoisotopic (exact) mass is 524 g/mol. The van der Waals surface area contributed by atoms with Gasteiger partial charge in [-0.05, 0) is 77.1 Å². The van der Waals surface area contributed by atoms with Gasteiger partial charge in [-0.15, -0.1) is 0 Å². The van der Waals surface area contributed by atoms with E-state index in [1.807, 2.05) is 31.3 Å². The number of benzene rings is 1. The van der Waals surface area contributed by atoms with Crippen molar-refractivity contribution >= 4 is 17.0 Å². The van der Waals surface area contributed by atoms with Gasteiger partial charge >= 0.3 is 5.97 Å². The summed E-state index contributed by atoms with van der Waals surface area (Å²) in [6.45, 7) is 11.5. The van der Waals surface area contributed by atoms with Crippen molar-refractivity contribution in [2.45, 2.75) is 78.3 Å². The highest BCUT2D eigenvalue weighted by molar-refractivity contribution is 5.81. The van der Waals surface area contributed by atoms with E-state index in [-0.39, 0.29) is 5.56 Å². The maximum Gasteiger partial charge on any atom is 0.326 e. The quantitative estimate of drug-likeness (QED) is 0.435. The lowest BCUT2D eigenvalue weighted by Gasteiger charge is -2.26. The second-order valence-corrected chi connectivity index (χ2v) is 11.4. The first-order valence-electron chi connectivity index (χ1n) is 13.3. The van der Waals surface area contributed by atoms with Crippen LogP contribution in [-0.4, -0.2) is 56.2 Å². The number of fused-ring (bicyclic) bond motifs is 1. The summed E-state index contributed by atoms with van der Waals surface area (Å²) in [5.41, 5.74) is 3.69. The molecule has 3 heterocycles. The number of aliphatic hydroxyl groups excluding tert-OH is 1. The molecule has 0 aliphatic carbocycles. The zero-order valence-corrected chi connectivity index (χ0v) is 23.3. The van der Waals surface area contributed by atoms with Crippen molar-refractivity contribution in [2.24, 2.45) is 13.0 Å². The number of rotatable bonds is 8. The van der Waals surface area contributed by atoms with Gasteiger partial charge in [0.05, 0.1) is 17.1 Å². The van der Waals surface area contributed by atoms with Gasteiger partial charge in [-0.2, -0.15) is 0 Å². The molecule has 1 fully saturated rings. The number of pyridine rings is 1. The molecule has 2 atom stereocenters. The van der Waals surface area contributed by atoms with Crippen molar-refractivity contribution in [3.8, 4) is 11.4 Å². The fraction of sp³-hybridized carbons (Fsp3) is 0.552. The van der Waals surface area contributed by atoms with Crippen LogP contribution in [0.1, 0.15) is 51.7 Å².